The van der Waals surface area contributed by atoms with Crippen LogP contribution in [0.15, 0.2) is 54.9 Å². The molecule has 0 saturated carbocycles. The Morgan fingerprint density at radius 2 is 1.67 bits per heavy atom. The largest absolute Gasteiger partial charge is 0.497 e. The van der Waals surface area contributed by atoms with Crippen molar-refractivity contribution in [2.24, 2.45) is 0 Å². The maximum absolute atomic E-state index is 12.5. The molecule has 27 heavy (non-hydrogen) atoms. The van der Waals surface area contributed by atoms with E-state index >= 15 is 0 Å². The predicted molar refractivity (Wildman–Crippen MR) is 104 cm³/mol. The molecule has 3 rings (SSSR count). The zero-order valence-electron chi connectivity index (χ0n) is 15.3. The number of rotatable bonds is 6. The van der Waals surface area contributed by atoms with Gasteiger partial charge in [0.2, 0.25) is 5.95 Å². The van der Waals surface area contributed by atoms with Crippen LogP contribution in [-0.4, -0.2) is 30.1 Å². The average Bonchev–Trinajstić information content (AvgIpc) is 2.69. The number of hydrogen-bond donors (Lipinski definition) is 2. The minimum atomic E-state index is -0.310. The highest BCUT2D eigenvalue weighted by atomic mass is 16.5. The lowest BCUT2D eigenvalue weighted by atomic mass is 10.2. The van der Waals surface area contributed by atoms with Gasteiger partial charge >= 0.3 is 0 Å². The number of methoxy groups -OCH3 is 2. The molecule has 2 N–H and O–H groups in total. The Hall–Kier alpha value is -3.61. The molecule has 0 aliphatic heterocycles. The van der Waals surface area contributed by atoms with Crippen molar-refractivity contribution < 1.29 is 14.3 Å². The van der Waals surface area contributed by atoms with E-state index in [0.29, 0.717) is 22.9 Å². The van der Waals surface area contributed by atoms with Gasteiger partial charge in [0.25, 0.3) is 5.91 Å². The molecule has 2 aromatic carbocycles. The van der Waals surface area contributed by atoms with Crippen LogP contribution in [0.3, 0.4) is 0 Å². The third-order valence-electron chi connectivity index (χ3n) is 3.86. The molecule has 3 aromatic rings. The zero-order chi connectivity index (χ0) is 19.2. The van der Waals surface area contributed by atoms with Gasteiger partial charge in [-0.3, -0.25) is 4.79 Å². The van der Waals surface area contributed by atoms with Crippen molar-refractivity contribution in [3.63, 3.8) is 0 Å². The van der Waals surface area contributed by atoms with Gasteiger partial charge in [0.05, 0.1) is 25.5 Å². The van der Waals surface area contributed by atoms with Crippen molar-refractivity contribution in [3.05, 3.63) is 66.0 Å². The number of carbonyl (C=O) groups excluding carboxylic acids is 1. The Labute approximate surface area is 157 Å². The molecule has 0 radical (unpaired) electrons. The molecule has 1 aromatic heterocycles. The molecule has 0 unspecified atom stereocenters. The number of benzene rings is 2. The SMILES string of the molecule is COc1ccc(Nc2ncc(C(=O)Nc3cc(C)ccc3OC)cn2)cc1. The molecular weight excluding hydrogens is 344 g/mol. The standard InChI is InChI=1S/C20H20N4O3/c1-13-4-9-18(27-3)17(10-13)24-19(25)14-11-21-20(22-12-14)23-15-5-7-16(26-2)8-6-15/h4-12H,1-3H3,(H,24,25)(H,21,22,23). The van der Waals surface area contributed by atoms with E-state index in [4.69, 9.17) is 9.47 Å². The highest BCUT2D eigenvalue weighted by molar-refractivity contribution is 6.04. The van der Waals surface area contributed by atoms with E-state index in [9.17, 15) is 4.79 Å². The van der Waals surface area contributed by atoms with E-state index in [1.54, 1.807) is 14.2 Å². The van der Waals surface area contributed by atoms with Gasteiger partial charge in [0.1, 0.15) is 11.5 Å². The van der Waals surface area contributed by atoms with Gasteiger partial charge in [-0.05, 0) is 48.9 Å². The van der Waals surface area contributed by atoms with Crippen LogP contribution in [-0.2, 0) is 0 Å². The van der Waals surface area contributed by atoms with Gasteiger partial charge in [-0.25, -0.2) is 9.97 Å². The topological polar surface area (TPSA) is 85.4 Å². The third kappa shape index (κ3) is 4.52. The van der Waals surface area contributed by atoms with Crippen LogP contribution in [0.1, 0.15) is 15.9 Å². The summed E-state index contributed by atoms with van der Waals surface area (Å²) in [5.41, 5.74) is 2.78. The van der Waals surface area contributed by atoms with Gasteiger partial charge in [-0.2, -0.15) is 0 Å². The molecule has 0 spiro atoms. The Kier molecular flexibility index (Phi) is 5.51. The van der Waals surface area contributed by atoms with E-state index < -0.39 is 0 Å². The first-order valence-electron chi connectivity index (χ1n) is 8.28. The first-order valence-corrected chi connectivity index (χ1v) is 8.28. The van der Waals surface area contributed by atoms with E-state index in [1.165, 1.54) is 12.4 Å². The van der Waals surface area contributed by atoms with Gasteiger partial charge in [0, 0.05) is 18.1 Å². The smallest absolute Gasteiger partial charge is 0.258 e. The lowest BCUT2D eigenvalue weighted by Crippen LogP contribution is -2.14. The zero-order valence-corrected chi connectivity index (χ0v) is 15.3. The first-order chi connectivity index (χ1) is 13.1. The summed E-state index contributed by atoms with van der Waals surface area (Å²) in [6, 6.07) is 12.9. The summed E-state index contributed by atoms with van der Waals surface area (Å²) in [7, 11) is 3.17. The van der Waals surface area contributed by atoms with Crippen molar-refractivity contribution in [2.75, 3.05) is 24.9 Å². The summed E-state index contributed by atoms with van der Waals surface area (Å²) in [4.78, 5) is 20.8. The summed E-state index contributed by atoms with van der Waals surface area (Å²) in [6.45, 7) is 1.94. The van der Waals surface area contributed by atoms with Gasteiger partial charge in [-0.1, -0.05) is 6.07 Å². The molecule has 0 aliphatic rings. The van der Waals surface area contributed by atoms with Crippen LogP contribution >= 0.6 is 0 Å². The second-order valence-corrected chi connectivity index (χ2v) is 5.81. The number of carbonyl (C=O) groups is 1. The number of ether oxygens (including phenoxy) is 2. The quantitative estimate of drug-likeness (QED) is 0.692. The summed E-state index contributed by atoms with van der Waals surface area (Å²) in [6.07, 6.45) is 2.94. The first kappa shape index (κ1) is 18.2. The normalized spacial score (nSPS) is 10.2. The molecule has 7 nitrogen and oxygen atoms in total. The summed E-state index contributed by atoms with van der Waals surface area (Å²) >= 11 is 0. The van der Waals surface area contributed by atoms with Crippen molar-refractivity contribution in [1.82, 2.24) is 9.97 Å². The second-order valence-electron chi connectivity index (χ2n) is 5.81. The number of hydrogen-bond acceptors (Lipinski definition) is 6. The number of nitrogens with zero attached hydrogens (tertiary/aromatic N) is 2. The van der Waals surface area contributed by atoms with Crippen molar-refractivity contribution >= 4 is 23.2 Å². The molecule has 0 aliphatic carbocycles. The maximum atomic E-state index is 12.5. The fourth-order valence-electron chi connectivity index (χ4n) is 2.43. The molecule has 1 amide bonds. The Bertz CT molecular complexity index is 925. The van der Waals surface area contributed by atoms with Crippen molar-refractivity contribution in [2.45, 2.75) is 6.92 Å². The maximum Gasteiger partial charge on any atom is 0.258 e. The molecule has 0 atom stereocenters. The summed E-state index contributed by atoms with van der Waals surface area (Å²) < 4.78 is 10.4. The molecule has 138 valence electrons. The number of aromatic nitrogens is 2. The average molecular weight is 364 g/mol. The van der Waals surface area contributed by atoms with Crippen LogP contribution in [0.2, 0.25) is 0 Å². The van der Waals surface area contributed by atoms with Crippen LogP contribution in [0, 0.1) is 6.92 Å². The van der Waals surface area contributed by atoms with Crippen LogP contribution < -0.4 is 20.1 Å². The number of aryl methyl sites for hydroxylation is 1. The predicted octanol–water partition coefficient (Wildman–Crippen LogP) is 3.80. The fraction of sp³-hybridized carbons (Fsp3) is 0.150. The molecule has 0 saturated heterocycles. The highest BCUT2D eigenvalue weighted by Crippen LogP contribution is 2.25. The number of anilines is 3. The molecule has 0 fully saturated rings. The fourth-order valence-corrected chi connectivity index (χ4v) is 2.43. The number of amides is 1. The molecule has 7 heteroatoms. The van der Waals surface area contributed by atoms with Crippen molar-refractivity contribution in [3.8, 4) is 11.5 Å². The minimum absolute atomic E-state index is 0.310. The van der Waals surface area contributed by atoms with E-state index in [2.05, 4.69) is 20.6 Å². The summed E-state index contributed by atoms with van der Waals surface area (Å²) in [5.74, 6) is 1.44. The Morgan fingerprint density at radius 3 is 2.30 bits per heavy atom. The Morgan fingerprint density at radius 1 is 0.963 bits per heavy atom. The van der Waals surface area contributed by atoms with Crippen LogP contribution in [0.5, 0.6) is 11.5 Å². The highest BCUT2D eigenvalue weighted by Gasteiger charge is 2.11. The van der Waals surface area contributed by atoms with E-state index in [0.717, 1.165) is 17.0 Å². The van der Waals surface area contributed by atoms with Gasteiger partial charge < -0.3 is 20.1 Å². The monoisotopic (exact) mass is 364 g/mol. The van der Waals surface area contributed by atoms with E-state index in [-0.39, 0.29) is 5.91 Å². The van der Waals surface area contributed by atoms with Crippen molar-refractivity contribution in [1.29, 1.82) is 0 Å². The van der Waals surface area contributed by atoms with E-state index in [1.807, 2.05) is 49.4 Å². The second kappa shape index (κ2) is 8.18. The lowest BCUT2D eigenvalue weighted by Gasteiger charge is -2.11. The Balaban J connectivity index is 1.69. The van der Waals surface area contributed by atoms with Crippen LogP contribution in [0.25, 0.3) is 0 Å². The molecule has 0 bridgehead atoms. The van der Waals surface area contributed by atoms with Crippen LogP contribution in [0.4, 0.5) is 17.3 Å². The van der Waals surface area contributed by atoms with Gasteiger partial charge in [-0.15, -0.1) is 0 Å². The summed E-state index contributed by atoms with van der Waals surface area (Å²) in [5, 5.41) is 5.89. The third-order valence-corrected chi connectivity index (χ3v) is 3.86. The molecular formula is C20H20N4O3. The van der Waals surface area contributed by atoms with Gasteiger partial charge in [0.15, 0.2) is 0 Å². The molecule has 1 heterocycles. The minimum Gasteiger partial charge on any atom is -0.497 e. The number of nitrogens with one attached hydrogen (secondary N) is 2. The lowest BCUT2D eigenvalue weighted by molar-refractivity contribution is 0.102.